The molecule has 0 bridgehead atoms. The topological polar surface area (TPSA) is 35.0 Å². The fraction of sp³-hybridized carbons (Fsp3) is 0.200. The van der Waals surface area contributed by atoms with Crippen molar-refractivity contribution in [3.05, 3.63) is 30.1 Å². The Morgan fingerprint density at radius 2 is 2.15 bits per heavy atom. The van der Waals surface area contributed by atoms with Gasteiger partial charge in [0.15, 0.2) is 0 Å². The van der Waals surface area contributed by atoms with Gasteiger partial charge in [-0.3, -0.25) is 4.98 Å². The van der Waals surface area contributed by atoms with Crippen molar-refractivity contribution in [2.45, 2.75) is 6.92 Å². The maximum atomic E-state index is 5.13. The first kappa shape index (κ1) is 7.98. The van der Waals surface area contributed by atoms with Crippen LogP contribution < -0.4 is 4.74 Å². The lowest BCUT2D eigenvalue weighted by atomic mass is 10.2. The van der Waals surface area contributed by atoms with E-state index in [0.29, 0.717) is 5.88 Å². The van der Waals surface area contributed by atoms with Gasteiger partial charge in [0.2, 0.25) is 5.88 Å². The number of ether oxygens (including phenoxy) is 1. The van der Waals surface area contributed by atoms with Crippen LogP contribution in [0.25, 0.3) is 10.9 Å². The summed E-state index contributed by atoms with van der Waals surface area (Å²) in [5, 5.41) is 0.963. The van der Waals surface area contributed by atoms with Crippen molar-refractivity contribution >= 4 is 10.9 Å². The predicted octanol–water partition coefficient (Wildman–Crippen LogP) is 1.95. The molecule has 66 valence electrons. The molecule has 2 aromatic rings. The maximum Gasteiger partial charge on any atom is 0.222 e. The highest BCUT2D eigenvalue weighted by molar-refractivity contribution is 5.83. The average molecular weight is 174 g/mol. The van der Waals surface area contributed by atoms with Crippen LogP contribution in [0.15, 0.2) is 24.5 Å². The minimum Gasteiger partial charge on any atom is -0.481 e. The van der Waals surface area contributed by atoms with Crippen molar-refractivity contribution in [1.29, 1.82) is 0 Å². The Hall–Kier alpha value is -1.64. The average Bonchev–Trinajstić information content (AvgIpc) is 2.17. The van der Waals surface area contributed by atoms with Crippen LogP contribution in [0.5, 0.6) is 5.88 Å². The van der Waals surface area contributed by atoms with Crippen LogP contribution in [-0.4, -0.2) is 17.1 Å². The number of nitrogens with zero attached hydrogens (tertiary/aromatic N) is 2. The summed E-state index contributed by atoms with van der Waals surface area (Å²) in [6, 6.07) is 3.89. The summed E-state index contributed by atoms with van der Waals surface area (Å²) in [5.41, 5.74) is 2.02. The zero-order valence-corrected chi connectivity index (χ0v) is 7.61. The first-order chi connectivity index (χ1) is 6.31. The lowest BCUT2D eigenvalue weighted by Gasteiger charge is -2.03. The SMILES string of the molecule is COc1nccc2ncc(C)cc12. The number of fused-ring (bicyclic) bond motifs is 1. The van der Waals surface area contributed by atoms with E-state index in [4.69, 9.17) is 4.74 Å². The van der Waals surface area contributed by atoms with Gasteiger partial charge in [-0.05, 0) is 24.6 Å². The Labute approximate surface area is 76.4 Å². The molecular weight excluding hydrogens is 164 g/mol. The van der Waals surface area contributed by atoms with Crippen LogP contribution in [0, 0.1) is 6.92 Å². The van der Waals surface area contributed by atoms with Crippen molar-refractivity contribution < 1.29 is 4.74 Å². The third-order valence-electron chi connectivity index (χ3n) is 1.90. The van der Waals surface area contributed by atoms with Gasteiger partial charge >= 0.3 is 0 Å². The van der Waals surface area contributed by atoms with E-state index in [9.17, 15) is 0 Å². The number of pyridine rings is 2. The summed E-state index contributed by atoms with van der Waals surface area (Å²) in [6.07, 6.45) is 3.53. The molecule has 2 rings (SSSR count). The fourth-order valence-corrected chi connectivity index (χ4v) is 1.29. The molecule has 0 aliphatic rings. The Morgan fingerprint density at radius 3 is 2.92 bits per heavy atom. The third kappa shape index (κ3) is 1.33. The summed E-state index contributed by atoms with van der Waals surface area (Å²) in [7, 11) is 1.62. The molecule has 0 N–H and O–H groups in total. The third-order valence-corrected chi connectivity index (χ3v) is 1.90. The van der Waals surface area contributed by atoms with Gasteiger partial charge in [0.25, 0.3) is 0 Å². The van der Waals surface area contributed by atoms with E-state index in [1.54, 1.807) is 13.3 Å². The first-order valence-electron chi connectivity index (χ1n) is 4.06. The lowest BCUT2D eigenvalue weighted by molar-refractivity contribution is 0.403. The van der Waals surface area contributed by atoms with Crippen LogP contribution in [0.3, 0.4) is 0 Å². The lowest BCUT2D eigenvalue weighted by Crippen LogP contribution is -1.90. The quantitative estimate of drug-likeness (QED) is 0.662. The molecule has 0 atom stereocenters. The number of hydrogen-bond donors (Lipinski definition) is 0. The van der Waals surface area contributed by atoms with Gasteiger partial charge in [-0.2, -0.15) is 0 Å². The Balaban J connectivity index is 2.79. The van der Waals surface area contributed by atoms with E-state index in [1.807, 2.05) is 25.3 Å². The molecule has 0 aliphatic heterocycles. The Morgan fingerprint density at radius 1 is 1.31 bits per heavy atom. The van der Waals surface area contributed by atoms with Crippen molar-refractivity contribution in [3.8, 4) is 5.88 Å². The Kier molecular flexibility index (Phi) is 1.85. The van der Waals surface area contributed by atoms with Crippen molar-refractivity contribution in [2.75, 3.05) is 7.11 Å². The molecular formula is C10H10N2O. The van der Waals surface area contributed by atoms with E-state index in [-0.39, 0.29) is 0 Å². The standard InChI is InChI=1S/C10H10N2O/c1-7-5-8-9(12-6-7)3-4-11-10(8)13-2/h3-6H,1-2H3. The highest BCUT2D eigenvalue weighted by atomic mass is 16.5. The van der Waals surface area contributed by atoms with Gasteiger partial charge in [0.05, 0.1) is 18.0 Å². The predicted molar refractivity (Wildman–Crippen MR) is 50.8 cm³/mol. The maximum absolute atomic E-state index is 5.13. The summed E-state index contributed by atoms with van der Waals surface area (Å²) in [4.78, 5) is 8.37. The van der Waals surface area contributed by atoms with Crippen LogP contribution in [0.2, 0.25) is 0 Å². The molecule has 0 amide bonds. The first-order valence-corrected chi connectivity index (χ1v) is 4.06. The largest absolute Gasteiger partial charge is 0.481 e. The summed E-state index contributed by atoms with van der Waals surface area (Å²) in [6.45, 7) is 2.00. The zero-order chi connectivity index (χ0) is 9.26. The summed E-state index contributed by atoms with van der Waals surface area (Å²) < 4.78 is 5.13. The van der Waals surface area contributed by atoms with Gasteiger partial charge in [-0.1, -0.05) is 0 Å². The molecule has 0 saturated heterocycles. The van der Waals surface area contributed by atoms with Gasteiger partial charge < -0.3 is 4.74 Å². The zero-order valence-electron chi connectivity index (χ0n) is 7.61. The molecule has 0 unspecified atom stereocenters. The van der Waals surface area contributed by atoms with E-state index in [1.165, 1.54) is 0 Å². The highest BCUT2D eigenvalue weighted by Crippen LogP contribution is 2.21. The minimum atomic E-state index is 0.633. The second-order valence-electron chi connectivity index (χ2n) is 2.90. The van der Waals surface area contributed by atoms with Crippen molar-refractivity contribution in [3.63, 3.8) is 0 Å². The highest BCUT2D eigenvalue weighted by Gasteiger charge is 2.02. The second kappa shape index (κ2) is 3.01. The number of aromatic nitrogens is 2. The molecule has 0 spiro atoms. The van der Waals surface area contributed by atoms with Crippen LogP contribution in [0.4, 0.5) is 0 Å². The monoisotopic (exact) mass is 174 g/mol. The van der Waals surface area contributed by atoms with Crippen molar-refractivity contribution in [1.82, 2.24) is 9.97 Å². The molecule has 3 heteroatoms. The molecule has 0 aliphatic carbocycles. The number of methoxy groups -OCH3 is 1. The van der Waals surface area contributed by atoms with Gasteiger partial charge in [0, 0.05) is 12.4 Å². The Bertz CT molecular complexity index is 440. The van der Waals surface area contributed by atoms with Crippen LogP contribution in [0.1, 0.15) is 5.56 Å². The van der Waals surface area contributed by atoms with E-state index >= 15 is 0 Å². The van der Waals surface area contributed by atoms with E-state index < -0.39 is 0 Å². The molecule has 2 heterocycles. The van der Waals surface area contributed by atoms with Gasteiger partial charge in [-0.25, -0.2) is 4.98 Å². The smallest absolute Gasteiger partial charge is 0.222 e. The minimum absolute atomic E-state index is 0.633. The van der Waals surface area contributed by atoms with Crippen LogP contribution in [-0.2, 0) is 0 Å². The van der Waals surface area contributed by atoms with E-state index in [0.717, 1.165) is 16.5 Å². The van der Waals surface area contributed by atoms with Crippen molar-refractivity contribution in [2.24, 2.45) is 0 Å². The normalized spacial score (nSPS) is 10.3. The molecule has 0 aromatic carbocycles. The molecule has 0 fully saturated rings. The molecule has 13 heavy (non-hydrogen) atoms. The van der Waals surface area contributed by atoms with Gasteiger partial charge in [0.1, 0.15) is 0 Å². The molecule has 0 radical (unpaired) electrons. The summed E-state index contributed by atoms with van der Waals surface area (Å²) in [5.74, 6) is 0.633. The summed E-state index contributed by atoms with van der Waals surface area (Å²) >= 11 is 0. The van der Waals surface area contributed by atoms with Crippen LogP contribution >= 0.6 is 0 Å². The molecule has 0 saturated carbocycles. The number of aryl methyl sites for hydroxylation is 1. The second-order valence-corrected chi connectivity index (χ2v) is 2.90. The number of hydrogen-bond acceptors (Lipinski definition) is 3. The molecule has 3 nitrogen and oxygen atoms in total. The number of rotatable bonds is 1. The fourth-order valence-electron chi connectivity index (χ4n) is 1.29. The molecule has 2 aromatic heterocycles. The van der Waals surface area contributed by atoms with E-state index in [2.05, 4.69) is 9.97 Å². The van der Waals surface area contributed by atoms with Gasteiger partial charge in [-0.15, -0.1) is 0 Å².